The normalized spacial score (nSPS) is 25.3. The molecule has 0 aliphatic carbocycles. The molecule has 20 heavy (non-hydrogen) atoms. The van der Waals surface area contributed by atoms with Crippen molar-refractivity contribution in [3.05, 3.63) is 35.9 Å². The number of hydrogen-bond acceptors (Lipinski definition) is 3. The van der Waals surface area contributed by atoms with Crippen molar-refractivity contribution in [2.45, 2.75) is 32.2 Å². The van der Waals surface area contributed by atoms with Crippen LogP contribution >= 0.6 is 0 Å². The zero-order valence-corrected chi connectivity index (χ0v) is 12.0. The summed E-state index contributed by atoms with van der Waals surface area (Å²) in [6.45, 7) is 6.48. The summed E-state index contributed by atoms with van der Waals surface area (Å²) in [4.78, 5) is 26.2. The van der Waals surface area contributed by atoms with E-state index in [-0.39, 0.29) is 5.91 Å². The first-order chi connectivity index (χ1) is 9.48. The zero-order valence-electron chi connectivity index (χ0n) is 12.0. The van der Waals surface area contributed by atoms with Crippen LogP contribution in [0.3, 0.4) is 0 Å². The Hall–Kier alpha value is -1.88. The van der Waals surface area contributed by atoms with Gasteiger partial charge < -0.3 is 4.90 Å². The molecule has 2 amide bonds. The molecule has 0 aromatic heterocycles. The van der Waals surface area contributed by atoms with Crippen LogP contribution in [0.5, 0.6) is 0 Å². The van der Waals surface area contributed by atoms with E-state index in [1.165, 1.54) is 0 Å². The summed E-state index contributed by atoms with van der Waals surface area (Å²) in [6, 6.07) is 9.12. The van der Waals surface area contributed by atoms with Gasteiger partial charge in [0.15, 0.2) is 5.54 Å². The number of amides is 2. The summed E-state index contributed by atoms with van der Waals surface area (Å²) in [6.07, 6.45) is 0. The van der Waals surface area contributed by atoms with Crippen molar-refractivity contribution in [3.63, 3.8) is 0 Å². The van der Waals surface area contributed by atoms with Crippen LogP contribution in [-0.4, -0.2) is 45.6 Å². The lowest BCUT2D eigenvalue weighted by molar-refractivity contribution is -0.235. The second-order valence-corrected chi connectivity index (χ2v) is 5.12. The minimum absolute atomic E-state index is 0.224. The lowest BCUT2D eigenvalue weighted by Crippen LogP contribution is -2.72. The van der Waals surface area contributed by atoms with Crippen molar-refractivity contribution in [3.8, 4) is 0 Å². The highest BCUT2D eigenvalue weighted by atomic mass is 16.5. The van der Waals surface area contributed by atoms with Gasteiger partial charge in [-0.25, -0.2) is 5.06 Å². The Kier molecular flexibility index (Phi) is 3.81. The molecule has 1 aromatic carbocycles. The summed E-state index contributed by atoms with van der Waals surface area (Å²) < 4.78 is 0. The van der Waals surface area contributed by atoms with Crippen molar-refractivity contribution in [2.24, 2.45) is 0 Å². The third-order valence-corrected chi connectivity index (χ3v) is 4.07. The summed E-state index contributed by atoms with van der Waals surface area (Å²) in [7, 11) is 0. The summed E-state index contributed by atoms with van der Waals surface area (Å²) in [5, 5.41) is 10.5. The van der Waals surface area contributed by atoms with Crippen molar-refractivity contribution in [1.82, 2.24) is 9.96 Å². The Morgan fingerprint density at radius 2 is 1.85 bits per heavy atom. The molecule has 0 saturated carbocycles. The van der Waals surface area contributed by atoms with Gasteiger partial charge in [-0.1, -0.05) is 30.3 Å². The first-order valence-electron chi connectivity index (χ1n) is 6.85. The van der Waals surface area contributed by atoms with Crippen LogP contribution in [0.25, 0.3) is 0 Å². The van der Waals surface area contributed by atoms with E-state index in [1.807, 2.05) is 44.2 Å². The van der Waals surface area contributed by atoms with Crippen molar-refractivity contribution < 1.29 is 14.8 Å². The zero-order chi connectivity index (χ0) is 14.9. The second kappa shape index (κ2) is 5.25. The second-order valence-electron chi connectivity index (χ2n) is 5.12. The van der Waals surface area contributed by atoms with E-state index >= 15 is 0 Å². The molecule has 1 saturated heterocycles. The van der Waals surface area contributed by atoms with Gasteiger partial charge in [0.1, 0.15) is 0 Å². The van der Waals surface area contributed by atoms with Gasteiger partial charge in [-0.2, -0.15) is 0 Å². The van der Waals surface area contributed by atoms with E-state index in [0.717, 1.165) is 5.56 Å². The Labute approximate surface area is 118 Å². The van der Waals surface area contributed by atoms with Crippen LogP contribution in [-0.2, 0) is 9.59 Å². The largest absolute Gasteiger partial charge is 0.341 e. The third-order valence-electron chi connectivity index (χ3n) is 4.07. The van der Waals surface area contributed by atoms with E-state index in [1.54, 1.807) is 11.8 Å². The van der Waals surface area contributed by atoms with Gasteiger partial charge in [0.2, 0.25) is 0 Å². The topological polar surface area (TPSA) is 60.9 Å². The number of hydroxylamine groups is 2. The lowest BCUT2D eigenvalue weighted by Gasteiger charge is -2.51. The molecule has 5 nitrogen and oxygen atoms in total. The van der Waals surface area contributed by atoms with Crippen LogP contribution in [0.1, 0.15) is 32.3 Å². The van der Waals surface area contributed by atoms with Gasteiger partial charge in [-0.3, -0.25) is 14.8 Å². The molecule has 0 spiro atoms. The van der Waals surface area contributed by atoms with Crippen molar-refractivity contribution >= 4 is 11.8 Å². The van der Waals surface area contributed by atoms with E-state index in [9.17, 15) is 14.8 Å². The number of carbonyl (C=O) groups is 2. The van der Waals surface area contributed by atoms with Gasteiger partial charge in [0, 0.05) is 13.1 Å². The van der Waals surface area contributed by atoms with Gasteiger partial charge in [-0.15, -0.1) is 0 Å². The number of nitrogens with zero attached hydrogens (tertiary/aromatic N) is 2. The minimum atomic E-state index is -1.22. The number of carbonyl (C=O) groups excluding carboxylic acids is 2. The Morgan fingerprint density at radius 3 is 2.35 bits per heavy atom. The van der Waals surface area contributed by atoms with Crippen LogP contribution < -0.4 is 0 Å². The van der Waals surface area contributed by atoms with E-state index in [0.29, 0.717) is 18.2 Å². The van der Waals surface area contributed by atoms with Crippen LogP contribution in [0.15, 0.2) is 30.3 Å². The Bertz CT molecular complexity index is 513. The maximum atomic E-state index is 12.6. The molecule has 1 aromatic rings. The summed E-state index contributed by atoms with van der Waals surface area (Å²) >= 11 is 0. The smallest absolute Gasteiger partial charge is 0.257 e. The van der Waals surface area contributed by atoms with E-state index in [4.69, 9.17) is 0 Å². The third kappa shape index (κ3) is 1.89. The van der Waals surface area contributed by atoms with Crippen LogP contribution in [0, 0.1) is 0 Å². The minimum Gasteiger partial charge on any atom is -0.341 e. The predicted molar refractivity (Wildman–Crippen MR) is 74.1 cm³/mol. The fourth-order valence-corrected chi connectivity index (χ4v) is 2.81. The highest BCUT2D eigenvalue weighted by Crippen LogP contribution is 2.44. The molecular weight excluding hydrogens is 256 g/mol. The molecular formula is C15H20N2O3. The predicted octanol–water partition coefficient (Wildman–Crippen LogP) is 1.63. The molecule has 2 rings (SSSR count). The molecule has 1 aliphatic rings. The average molecular weight is 276 g/mol. The van der Waals surface area contributed by atoms with Crippen molar-refractivity contribution in [2.75, 3.05) is 13.1 Å². The number of benzene rings is 1. The number of likely N-dealkylation sites (N-methyl/N-ethyl adjacent to an activating group) is 1. The summed E-state index contributed by atoms with van der Waals surface area (Å²) in [5.41, 5.74) is -0.462. The van der Waals surface area contributed by atoms with Gasteiger partial charge in [-0.05, 0) is 26.3 Å². The van der Waals surface area contributed by atoms with E-state index in [2.05, 4.69) is 0 Å². The Balaban J connectivity index is 2.37. The number of rotatable bonds is 4. The molecule has 2 atom stereocenters. The fraction of sp³-hybridized carbons (Fsp3) is 0.467. The highest BCUT2D eigenvalue weighted by molar-refractivity contribution is 6.05. The molecule has 1 heterocycles. The average Bonchev–Trinajstić information content (AvgIpc) is 2.48. The maximum Gasteiger partial charge on any atom is 0.257 e. The standard InChI is InChI=1S/C15H20N2O3/c1-4-16(5-2)14(19)15(3)12(13(18)17(15)20)11-9-7-6-8-10-11/h6-10,12,20H,4-5H2,1-3H3/t12-,15+/m0/s1. The summed E-state index contributed by atoms with van der Waals surface area (Å²) in [5.74, 6) is -1.28. The molecule has 1 N–H and O–H groups in total. The molecule has 0 unspecified atom stereocenters. The molecule has 1 fully saturated rings. The highest BCUT2D eigenvalue weighted by Gasteiger charge is 2.63. The number of β-lactam (4-membered cyclic amide) rings is 1. The van der Waals surface area contributed by atoms with Crippen LogP contribution in [0.4, 0.5) is 0 Å². The maximum absolute atomic E-state index is 12.6. The first-order valence-corrected chi connectivity index (χ1v) is 6.85. The molecule has 0 bridgehead atoms. The first kappa shape index (κ1) is 14.5. The lowest BCUT2D eigenvalue weighted by atomic mass is 9.71. The fourth-order valence-electron chi connectivity index (χ4n) is 2.81. The van der Waals surface area contributed by atoms with Gasteiger partial charge >= 0.3 is 0 Å². The van der Waals surface area contributed by atoms with Crippen LogP contribution in [0.2, 0.25) is 0 Å². The number of hydrogen-bond donors (Lipinski definition) is 1. The van der Waals surface area contributed by atoms with E-state index < -0.39 is 17.4 Å². The molecule has 0 radical (unpaired) electrons. The SMILES string of the molecule is CCN(CC)C(=O)[C@@]1(C)[C@@H](c2ccccc2)C(=O)N1O. The molecule has 108 valence electrons. The molecule has 1 aliphatic heterocycles. The van der Waals surface area contributed by atoms with Crippen molar-refractivity contribution in [1.29, 1.82) is 0 Å². The van der Waals surface area contributed by atoms with Gasteiger partial charge in [0.25, 0.3) is 11.8 Å². The quantitative estimate of drug-likeness (QED) is 0.671. The van der Waals surface area contributed by atoms with Gasteiger partial charge in [0.05, 0.1) is 5.92 Å². The Morgan fingerprint density at radius 1 is 1.30 bits per heavy atom. The molecule has 5 heteroatoms. The monoisotopic (exact) mass is 276 g/mol.